The van der Waals surface area contributed by atoms with E-state index in [9.17, 15) is 9.18 Å². The van der Waals surface area contributed by atoms with Crippen LogP contribution in [0.2, 0.25) is 0 Å². The largest absolute Gasteiger partial charge is 0.394 e. The van der Waals surface area contributed by atoms with Gasteiger partial charge in [0.05, 0.1) is 17.7 Å². The van der Waals surface area contributed by atoms with Gasteiger partial charge in [0.25, 0.3) is 5.91 Å². The van der Waals surface area contributed by atoms with Crippen molar-refractivity contribution in [1.82, 2.24) is 5.32 Å². The second-order valence-corrected chi connectivity index (χ2v) is 4.43. The number of carbonyl (C=O) groups is 1. The van der Waals surface area contributed by atoms with Gasteiger partial charge in [0.15, 0.2) is 0 Å². The van der Waals surface area contributed by atoms with Crippen LogP contribution in [-0.2, 0) is 4.74 Å². The van der Waals surface area contributed by atoms with Gasteiger partial charge in [0, 0.05) is 18.7 Å². The molecule has 1 rings (SSSR count). The third-order valence-electron chi connectivity index (χ3n) is 2.17. The minimum atomic E-state index is -0.399. The number of hydrogen-bond donors (Lipinski definition) is 2. The lowest BCUT2D eigenvalue weighted by molar-refractivity contribution is 0.0867. The molecule has 0 spiro atoms. The van der Waals surface area contributed by atoms with E-state index in [1.54, 1.807) is 0 Å². The molecule has 2 N–H and O–H groups in total. The molecule has 1 amide bonds. The average Bonchev–Trinajstić information content (AvgIpc) is 2.36. The molecule has 4 nitrogen and oxygen atoms in total. The van der Waals surface area contributed by atoms with Crippen molar-refractivity contribution < 1.29 is 19.0 Å². The van der Waals surface area contributed by atoms with Gasteiger partial charge in [-0.25, -0.2) is 4.39 Å². The van der Waals surface area contributed by atoms with Crippen LogP contribution in [0, 0.1) is 5.82 Å². The maximum atomic E-state index is 13.0. The van der Waals surface area contributed by atoms with E-state index in [-0.39, 0.29) is 17.0 Å². The highest BCUT2D eigenvalue weighted by Crippen LogP contribution is 2.16. The minimum Gasteiger partial charge on any atom is -0.394 e. The minimum absolute atomic E-state index is 0.00400. The Morgan fingerprint density at radius 3 is 2.89 bits per heavy atom. The summed E-state index contributed by atoms with van der Waals surface area (Å²) in [5, 5.41) is 11.2. The van der Waals surface area contributed by atoms with Crippen molar-refractivity contribution in [1.29, 1.82) is 0 Å². The standard InChI is InChI=1S/C12H15BrFNO3/c13-10-8-9(2-3-11(10)14)12(17)15-4-1-6-18-7-5-16/h2-3,8,16H,1,4-7H2,(H,15,17). The van der Waals surface area contributed by atoms with Crippen molar-refractivity contribution in [3.05, 3.63) is 34.1 Å². The normalized spacial score (nSPS) is 10.4. The molecule has 1 aromatic carbocycles. The molecule has 0 saturated heterocycles. The summed E-state index contributed by atoms with van der Waals surface area (Å²) >= 11 is 3.03. The van der Waals surface area contributed by atoms with Crippen LogP contribution >= 0.6 is 15.9 Å². The van der Waals surface area contributed by atoms with Crippen LogP contribution in [-0.4, -0.2) is 37.4 Å². The Labute approximate surface area is 113 Å². The number of hydrogen-bond acceptors (Lipinski definition) is 3. The van der Waals surface area contributed by atoms with Crippen LogP contribution < -0.4 is 5.32 Å². The van der Waals surface area contributed by atoms with Crippen molar-refractivity contribution >= 4 is 21.8 Å². The first-order chi connectivity index (χ1) is 8.65. The van der Waals surface area contributed by atoms with Gasteiger partial charge in [-0.1, -0.05) is 0 Å². The molecular weight excluding hydrogens is 305 g/mol. The molecule has 6 heteroatoms. The van der Waals surface area contributed by atoms with Crippen LogP contribution in [0.15, 0.2) is 22.7 Å². The summed E-state index contributed by atoms with van der Waals surface area (Å²) in [5.41, 5.74) is 0.402. The van der Waals surface area contributed by atoms with Gasteiger partial charge in [-0.3, -0.25) is 4.79 Å². The Hall–Kier alpha value is -0.980. The number of carbonyl (C=O) groups excluding carboxylic acids is 1. The monoisotopic (exact) mass is 319 g/mol. The number of rotatable bonds is 7. The molecule has 1 aromatic rings. The lowest BCUT2D eigenvalue weighted by Gasteiger charge is -2.06. The summed E-state index contributed by atoms with van der Waals surface area (Å²) in [7, 11) is 0. The molecule has 0 aromatic heterocycles. The lowest BCUT2D eigenvalue weighted by atomic mass is 10.2. The fourth-order valence-corrected chi connectivity index (χ4v) is 1.66. The molecule has 0 aliphatic rings. The average molecular weight is 320 g/mol. The van der Waals surface area contributed by atoms with Gasteiger partial charge in [0.1, 0.15) is 5.82 Å². The summed E-state index contributed by atoms with van der Waals surface area (Å²) in [6.45, 7) is 1.25. The van der Waals surface area contributed by atoms with Crippen LogP contribution in [0.5, 0.6) is 0 Å². The molecule has 0 fully saturated rings. The molecular formula is C12H15BrFNO3. The second kappa shape index (κ2) is 8.18. The van der Waals surface area contributed by atoms with E-state index in [4.69, 9.17) is 9.84 Å². The van der Waals surface area contributed by atoms with E-state index in [0.29, 0.717) is 31.7 Å². The second-order valence-electron chi connectivity index (χ2n) is 3.57. The van der Waals surface area contributed by atoms with E-state index >= 15 is 0 Å². The third kappa shape index (κ3) is 5.12. The lowest BCUT2D eigenvalue weighted by Crippen LogP contribution is -2.25. The highest BCUT2D eigenvalue weighted by atomic mass is 79.9. The van der Waals surface area contributed by atoms with Crippen LogP contribution in [0.25, 0.3) is 0 Å². The number of benzene rings is 1. The molecule has 0 aliphatic carbocycles. The summed E-state index contributed by atoms with van der Waals surface area (Å²) < 4.78 is 18.3. The highest BCUT2D eigenvalue weighted by molar-refractivity contribution is 9.10. The highest BCUT2D eigenvalue weighted by Gasteiger charge is 2.07. The predicted octanol–water partition coefficient (Wildman–Crippen LogP) is 1.72. The summed E-state index contributed by atoms with van der Waals surface area (Å²) in [5.74, 6) is -0.651. The molecule has 0 bridgehead atoms. The zero-order valence-electron chi connectivity index (χ0n) is 9.79. The maximum absolute atomic E-state index is 13.0. The van der Waals surface area contributed by atoms with E-state index in [1.165, 1.54) is 18.2 Å². The topological polar surface area (TPSA) is 58.6 Å². The predicted molar refractivity (Wildman–Crippen MR) is 69.0 cm³/mol. The van der Waals surface area contributed by atoms with E-state index in [1.807, 2.05) is 0 Å². The van der Waals surface area contributed by atoms with Crippen molar-refractivity contribution in [2.45, 2.75) is 6.42 Å². The SMILES string of the molecule is O=C(NCCCOCCO)c1ccc(F)c(Br)c1. The molecule has 18 heavy (non-hydrogen) atoms. The van der Waals surface area contributed by atoms with E-state index < -0.39 is 5.82 Å². The number of ether oxygens (including phenoxy) is 1. The first-order valence-electron chi connectivity index (χ1n) is 5.57. The summed E-state index contributed by atoms with van der Waals surface area (Å²) in [6, 6.07) is 4.11. The van der Waals surface area contributed by atoms with Gasteiger partial charge in [-0.15, -0.1) is 0 Å². The summed E-state index contributed by atoms with van der Waals surface area (Å²) in [4.78, 5) is 11.7. The fourth-order valence-electron chi connectivity index (χ4n) is 1.28. The number of aliphatic hydroxyl groups excluding tert-OH is 1. The Morgan fingerprint density at radius 2 is 2.22 bits per heavy atom. The zero-order chi connectivity index (χ0) is 13.4. The Bertz CT molecular complexity index is 401. The van der Waals surface area contributed by atoms with E-state index in [0.717, 1.165) is 0 Å². The van der Waals surface area contributed by atoms with Gasteiger partial charge in [0.2, 0.25) is 0 Å². The van der Waals surface area contributed by atoms with Gasteiger partial charge in [-0.2, -0.15) is 0 Å². The molecule has 0 radical (unpaired) electrons. The van der Waals surface area contributed by atoms with Crippen LogP contribution in [0.3, 0.4) is 0 Å². The smallest absolute Gasteiger partial charge is 0.251 e. The fraction of sp³-hybridized carbons (Fsp3) is 0.417. The maximum Gasteiger partial charge on any atom is 0.251 e. The van der Waals surface area contributed by atoms with Crippen molar-refractivity contribution in [3.63, 3.8) is 0 Å². The Kier molecular flexibility index (Phi) is 6.85. The molecule has 100 valence electrons. The first-order valence-corrected chi connectivity index (χ1v) is 6.36. The Balaban J connectivity index is 2.30. The number of amides is 1. The van der Waals surface area contributed by atoms with Crippen LogP contribution in [0.1, 0.15) is 16.8 Å². The van der Waals surface area contributed by atoms with Gasteiger partial charge >= 0.3 is 0 Å². The summed E-state index contributed by atoms with van der Waals surface area (Å²) in [6.07, 6.45) is 0.661. The van der Waals surface area contributed by atoms with Gasteiger partial charge < -0.3 is 15.2 Å². The number of halogens is 2. The molecule has 0 atom stereocenters. The number of aliphatic hydroxyl groups is 1. The molecule has 0 unspecified atom stereocenters. The third-order valence-corrected chi connectivity index (χ3v) is 2.78. The van der Waals surface area contributed by atoms with Crippen molar-refractivity contribution in [2.75, 3.05) is 26.4 Å². The van der Waals surface area contributed by atoms with Crippen molar-refractivity contribution in [2.24, 2.45) is 0 Å². The molecule has 0 aliphatic heterocycles. The van der Waals surface area contributed by atoms with Crippen LogP contribution in [0.4, 0.5) is 4.39 Å². The first kappa shape index (κ1) is 15.1. The number of nitrogens with one attached hydrogen (secondary N) is 1. The molecule has 0 saturated carbocycles. The zero-order valence-corrected chi connectivity index (χ0v) is 11.4. The van der Waals surface area contributed by atoms with Crippen molar-refractivity contribution in [3.8, 4) is 0 Å². The Morgan fingerprint density at radius 1 is 1.44 bits per heavy atom. The quantitative estimate of drug-likeness (QED) is 0.752. The van der Waals surface area contributed by atoms with Gasteiger partial charge in [-0.05, 0) is 40.5 Å². The molecule has 0 heterocycles. The van der Waals surface area contributed by atoms with E-state index in [2.05, 4.69) is 21.2 Å².